The minimum atomic E-state index is -0.416. The largest absolute Gasteiger partial charge is 0.321 e. The number of imide groups is 1. The predicted molar refractivity (Wildman–Crippen MR) is 139 cm³/mol. The molecule has 3 aromatic rings. The van der Waals surface area contributed by atoms with Crippen molar-refractivity contribution in [3.05, 3.63) is 86.1 Å². The molecule has 0 saturated carbocycles. The number of halogens is 2. The van der Waals surface area contributed by atoms with E-state index in [-0.39, 0.29) is 36.3 Å². The SMILES string of the molecule is Cl.O=C(Nc1cccc2c1C(=O)N(Cc1cccc(CNN3CCCC3)c1)C2=O)c1ccc(Cl)s1. The molecular formula is C25H24Cl2N4O3S. The first-order chi connectivity index (χ1) is 16.5. The lowest BCUT2D eigenvalue weighted by molar-refractivity contribution is 0.0642. The lowest BCUT2D eigenvalue weighted by Crippen LogP contribution is -2.34. The van der Waals surface area contributed by atoms with E-state index in [0.717, 1.165) is 35.6 Å². The highest BCUT2D eigenvalue weighted by Gasteiger charge is 2.37. The molecule has 2 aliphatic heterocycles. The van der Waals surface area contributed by atoms with E-state index < -0.39 is 5.91 Å². The number of fused-ring (bicyclic) bond motifs is 1. The summed E-state index contributed by atoms with van der Waals surface area (Å²) in [5.74, 6) is -1.15. The van der Waals surface area contributed by atoms with Crippen molar-refractivity contribution in [2.75, 3.05) is 18.4 Å². The maximum Gasteiger partial charge on any atom is 0.265 e. The van der Waals surface area contributed by atoms with Gasteiger partial charge in [-0.05, 0) is 48.2 Å². The van der Waals surface area contributed by atoms with E-state index in [2.05, 4.69) is 15.8 Å². The molecule has 2 aliphatic rings. The Hall–Kier alpha value is -2.75. The second-order valence-corrected chi connectivity index (χ2v) is 10.0. The maximum atomic E-state index is 13.3. The van der Waals surface area contributed by atoms with Crippen molar-refractivity contribution in [2.24, 2.45) is 0 Å². The summed E-state index contributed by atoms with van der Waals surface area (Å²) >= 11 is 7.08. The standard InChI is InChI=1S/C25H23ClN4O3S.ClH/c26-21-10-9-20(34-21)23(31)28-19-8-4-7-18-22(19)25(33)30(24(18)32)15-17-6-3-5-16(13-17)14-27-29-11-1-2-12-29;/h3-10,13,27H,1-2,11-12,14-15H2,(H,28,31);1H. The topological polar surface area (TPSA) is 81.8 Å². The number of nitrogens with one attached hydrogen (secondary N) is 2. The molecule has 7 nitrogen and oxygen atoms in total. The Bertz CT molecular complexity index is 1270. The van der Waals surface area contributed by atoms with E-state index >= 15 is 0 Å². The number of carbonyl (C=O) groups is 3. The fourth-order valence-corrected chi connectivity index (χ4v) is 5.24. The molecule has 1 fully saturated rings. The number of hydrogen-bond donors (Lipinski definition) is 2. The van der Waals surface area contributed by atoms with Crippen LogP contribution in [0.1, 0.15) is 54.4 Å². The van der Waals surface area contributed by atoms with Crippen molar-refractivity contribution in [3.8, 4) is 0 Å². The summed E-state index contributed by atoms with van der Waals surface area (Å²) in [5.41, 5.74) is 6.21. The number of amides is 3. The zero-order valence-electron chi connectivity index (χ0n) is 18.8. The van der Waals surface area contributed by atoms with Gasteiger partial charge < -0.3 is 5.32 Å². The minimum absolute atomic E-state index is 0. The van der Waals surface area contributed by atoms with E-state index in [9.17, 15) is 14.4 Å². The van der Waals surface area contributed by atoms with Gasteiger partial charge in [-0.1, -0.05) is 41.9 Å². The summed E-state index contributed by atoms with van der Waals surface area (Å²) in [7, 11) is 0. The Kier molecular flexibility index (Phi) is 7.88. The molecule has 3 amide bonds. The van der Waals surface area contributed by atoms with Gasteiger partial charge in [0.1, 0.15) is 0 Å². The van der Waals surface area contributed by atoms with E-state index in [1.165, 1.54) is 17.7 Å². The highest BCUT2D eigenvalue weighted by atomic mass is 35.5. The van der Waals surface area contributed by atoms with E-state index in [0.29, 0.717) is 27.0 Å². The van der Waals surface area contributed by atoms with Crippen LogP contribution in [0.2, 0.25) is 4.34 Å². The van der Waals surface area contributed by atoms with Crippen LogP contribution >= 0.6 is 35.3 Å². The van der Waals surface area contributed by atoms with Crippen molar-refractivity contribution >= 4 is 58.8 Å². The van der Waals surface area contributed by atoms with Crippen LogP contribution in [0.5, 0.6) is 0 Å². The van der Waals surface area contributed by atoms with Crippen molar-refractivity contribution < 1.29 is 14.4 Å². The van der Waals surface area contributed by atoms with Crippen LogP contribution in [0, 0.1) is 0 Å². The lowest BCUT2D eigenvalue weighted by atomic mass is 10.1. The average Bonchev–Trinajstić information content (AvgIpc) is 3.56. The minimum Gasteiger partial charge on any atom is -0.321 e. The number of hydrogen-bond acceptors (Lipinski definition) is 6. The molecule has 0 spiro atoms. The zero-order chi connectivity index (χ0) is 23.7. The Morgan fingerprint density at radius 3 is 2.46 bits per heavy atom. The molecular weight excluding hydrogens is 507 g/mol. The van der Waals surface area contributed by atoms with Gasteiger partial charge in [0.05, 0.1) is 32.6 Å². The molecule has 0 radical (unpaired) electrons. The quantitative estimate of drug-likeness (QED) is 0.421. The number of anilines is 1. The molecule has 1 saturated heterocycles. The van der Waals surface area contributed by atoms with Crippen LogP contribution in [0.3, 0.4) is 0 Å². The number of hydrazine groups is 1. The fourth-order valence-electron chi connectivity index (χ4n) is 4.30. The Labute approximate surface area is 218 Å². The molecule has 0 bridgehead atoms. The van der Waals surface area contributed by atoms with Crippen LogP contribution in [0.4, 0.5) is 5.69 Å². The second kappa shape index (κ2) is 10.9. The number of carbonyl (C=O) groups excluding carboxylic acids is 3. The van der Waals surface area contributed by atoms with Gasteiger partial charge in [-0.3, -0.25) is 24.7 Å². The number of rotatable bonds is 7. The summed E-state index contributed by atoms with van der Waals surface area (Å²) < 4.78 is 0.499. The molecule has 5 rings (SSSR count). The molecule has 2 aromatic carbocycles. The molecule has 182 valence electrons. The maximum absolute atomic E-state index is 13.3. The molecule has 0 atom stereocenters. The van der Waals surface area contributed by atoms with Crippen LogP contribution in [-0.4, -0.2) is 40.7 Å². The van der Waals surface area contributed by atoms with Gasteiger partial charge in [0.2, 0.25) is 0 Å². The molecule has 0 unspecified atom stereocenters. The Morgan fingerprint density at radius 1 is 0.971 bits per heavy atom. The summed E-state index contributed by atoms with van der Waals surface area (Å²) in [4.78, 5) is 40.6. The monoisotopic (exact) mass is 530 g/mol. The van der Waals surface area contributed by atoms with E-state index in [4.69, 9.17) is 11.6 Å². The van der Waals surface area contributed by atoms with Crippen molar-refractivity contribution in [2.45, 2.75) is 25.9 Å². The number of nitrogens with zero attached hydrogens (tertiary/aromatic N) is 2. The molecule has 0 aliphatic carbocycles. The summed E-state index contributed by atoms with van der Waals surface area (Å²) in [5, 5.41) is 4.98. The summed E-state index contributed by atoms with van der Waals surface area (Å²) in [6.07, 6.45) is 2.41. The van der Waals surface area contributed by atoms with Crippen molar-refractivity contribution in [1.29, 1.82) is 0 Å². The number of thiophene rings is 1. The Balaban J connectivity index is 0.00000289. The van der Waals surface area contributed by atoms with Gasteiger partial charge in [0, 0.05) is 19.6 Å². The van der Waals surface area contributed by atoms with Gasteiger partial charge in [-0.25, -0.2) is 5.01 Å². The number of benzene rings is 2. The van der Waals surface area contributed by atoms with Gasteiger partial charge in [-0.2, -0.15) is 0 Å². The average molecular weight is 531 g/mol. The first kappa shape index (κ1) is 25.3. The first-order valence-electron chi connectivity index (χ1n) is 11.1. The van der Waals surface area contributed by atoms with Crippen LogP contribution in [-0.2, 0) is 13.1 Å². The van der Waals surface area contributed by atoms with Crippen molar-refractivity contribution in [1.82, 2.24) is 15.3 Å². The second-order valence-electron chi connectivity index (χ2n) is 8.33. The first-order valence-corrected chi connectivity index (χ1v) is 12.3. The van der Waals surface area contributed by atoms with Gasteiger partial charge in [0.25, 0.3) is 17.7 Å². The third-order valence-corrected chi connectivity index (χ3v) is 7.22. The fraction of sp³-hybridized carbons (Fsp3) is 0.240. The summed E-state index contributed by atoms with van der Waals surface area (Å²) in [6, 6.07) is 16.1. The molecule has 1 aromatic heterocycles. The highest BCUT2D eigenvalue weighted by molar-refractivity contribution is 7.18. The van der Waals surface area contributed by atoms with E-state index in [1.54, 1.807) is 30.3 Å². The predicted octanol–water partition coefficient (Wildman–Crippen LogP) is 4.97. The summed E-state index contributed by atoms with van der Waals surface area (Å²) in [6.45, 7) is 2.96. The van der Waals surface area contributed by atoms with Gasteiger partial charge in [-0.15, -0.1) is 23.7 Å². The molecule has 35 heavy (non-hydrogen) atoms. The van der Waals surface area contributed by atoms with Gasteiger partial charge >= 0.3 is 0 Å². The molecule has 2 N–H and O–H groups in total. The van der Waals surface area contributed by atoms with Gasteiger partial charge in [0.15, 0.2) is 0 Å². The normalized spacial score (nSPS) is 15.3. The molecule has 3 heterocycles. The highest BCUT2D eigenvalue weighted by Crippen LogP contribution is 2.31. The van der Waals surface area contributed by atoms with Crippen LogP contribution < -0.4 is 10.7 Å². The third-order valence-electron chi connectivity index (χ3n) is 5.99. The molecule has 10 heteroatoms. The Morgan fingerprint density at radius 2 is 1.71 bits per heavy atom. The zero-order valence-corrected chi connectivity index (χ0v) is 21.1. The van der Waals surface area contributed by atoms with Crippen LogP contribution in [0.15, 0.2) is 54.6 Å². The van der Waals surface area contributed by atoms with E-state index in [1.807, 2.05) is 24.3 Å². The van der Waals surface area contributed by atoms with Crippen molar-refractivity contribution in [3.63, 3.8) is 0 Å². The van der Waals surface area contributed by atoms with Crippen LogP contribution in [0.25, 0.3) is 0 Å². The smallest absolute Gasteiger partial charge is 0.265 e. The lowest BCUT2D eigenvalue weighted by Gasteiger charge is -2.18. The third kappa shape index (κ3) is 5.42.